The summed E-state index contributed by atoms with van der Waals surface area (Å²) >= 11 is 0. The van der Waals surface area contributed by atoms with Gasteiger partial charge in [0.25, 0.3) is 0 Å². The number of hydrogen-bond donors (Lipinski definition) is 2. The van der Waals surface area contributed by atoms with Crippen LogP contribution < -0.4 is 15.5 Å². The summed E-state index contributed by atoms with van der Waals surface area (Å²) in [6, 6.07) is 4.53. The Labute approximate surface area is 158 Å². The van der Waals surface area contributed by atoms with Crippen LogP contribution in [-0.2, 0) is 11.3 Å². The first-order valence-electron chi connectivity index (χ1n) is 9.84. The number of ether oxygens (including phenoxy) is 1. The molecular formula is C20H35N5O. The van der Waals surface area contributed by atoms with Crippen LogP contribution in [0, 0.1) is 5.92 Å². The van der Waals surface area contributed by atoms with Gasteiger partial charge in [0.15, 0.2) is 5.96 Å². The molecule has 1 aliphatic heterocycles. The van der Waals surface area contributed by atoms with E-state index in [1.165, 1.54) is 18.4 Å². The lowest BCUT2D eigenvalue weighted by Gasteiger charge is -2.29. The Morgan fingerprint density at radius 2 is 2.04 bits per heavy atom. The number of aromatic nitrogens is 1. The van der Waals surface area contributed by atoms with Crippen LogP contribution in [0.3, 0.4) is 0 Å². The summed E-state index contributed by atoms with van der Waals surface area (Å²) in [6.45, 7) is 10.8. The lowest BCUT2D eigenvalue weighted by Crippen LogP contribution is -2.42. The average molecular weight is 362 g/mol. The van der Waals surface area contributed by atoms with Gasteiger partial charge in [-0.05, 0) is 25.3 Å². The maximum absolute atomic E-state index is 5.45. The number of rotatable bonds is 8. The first kappa shape index (κ1) is 20.5. The molecule has 1 aromatic heterocycles. The van der Waals surface area contributed by atoms with E-state index in [0.717, 1.165) is 50.4 Å². The van der Waals surface area contributed by atoms with E-state index in [1.807, 2.05) is 19.3 Å². The lowest BCUT2D eigenvalue weighted by atomic mass is 10.0. The summed E-state index contributed by atoms with van der Waals surface area (Å²) in [4.78, 5) is 11.3. The van der Waals surface area contributed by atoms with E-state index in [2.05, 4.69) is 52.3 Å². The Morgan fingerprint density at radius 1 is 1.27 bits per heavy atom. The monoisotopic (exact) mass is 361 g/mol. The lowest BCUT2D eigenvalue weighted by molar-refractivity contribution is 0.122. The van der Waals surface area contributed by atoms with Crippen molar-refractivity contribution in [3.05, 3.63) is 23.9 Å². The Bertz CT molecular complexity index is 555. The highest BCUT2D eigenvalue weighted by molar-refractivity contribution is 5.80. The van der Waals surface area contributed by atoms with Gasteiger partial charge in [-0.2, -0.15) is 0 Å². The van der Waals surface area contributed by atoms with Crippen molar-refractivity contribution in [3.8, 4) is 0 Å². The molecule has 2 rings (SSSR count). The SMILES string of the molecule is CN=C(NCc1cccnc1N1CCOCC1)NC(C)CCCC(C)C. The van der Waals surface area contributed by atoms with Crippen LogP contribution in [-0.4, -0.2) is 50.3 Å². The molecule has 1 aliphatic rings. The van der Waals surface area contributed by atoms with Crippen LogP contribution in [0.4, 0.5) is 5.82 Å². The molecule has 2 heterocycles. The fourth-order valence-electron chi connectivity index (χ4n) is 3.14. The van der Waals surface area contributed by atoms with E-state index < -0.39 is 0 Å². The molecule has 26 heavy (non-hydrogen) atoms. The van der Waals surface area contributed by atoms with E-state index in [-0.39, 0.29) is 0 Å². The normalized spacial score (nSPS) is 16.7. The number of nitrogens with one attached hydrogen (secondary N) is 2. The second-order valence-electron chi connectivity index (χ2n) is 7.38. The highest BCUT2D eigenvalue weighted by Gasteiger charge is 2.16. The van der Waals surface area contributed by atoms with Gasteiger partial charge in [-0.15, -0.1) is 0 Å². The number of morpholine rings is 1. The number of pyridine rings is 1. The van der Waals surface area contributed by atoms with Crippen LogP contribution in [0.5, 0.6) is 0 Å². The van der Waals surface area contributed by atoms with Crippen molar-refractivity contribution in [2.24, 2.45) is 10.9 Å². The molecule has 1 aromatic rings. The number of anilines is 1. The summed E-state index contributed by atoms with van der Waals surface area (Å²) in [5, 5.41) is 6.93. The van der Waals surface area contributed by atoms with Gasteiger partial charge in [-0.3, -0.25) is 4.99 Å². The minimum atomic E-state index is 0.410. The van der Waals surface area contributed by atoms with Crippen LogP contribution in [0.2, 0.25) is 0 Å². The molecule has 0 aliphatic carbocycles. The standard InChI is InChI=1S/C20H35N5O/c1-16(2)7-5-8-17(3)24-20(21-4)23-15-18-9-6-10-22-19(18)25-11-13-26-14-12-25/h6,9-10,16-17H,5,7-8,11-15H2,1-4H3,(H2,21,23,24). The van der Waals surface area contributed by atoms with E-state index in [9.17, 15) is 0 Å². The molecule has 0 spiro atoms. The third-order valence-corrected chi connectivity index (χ3v) is 4.65. The quantitative estimate of drug-likeness (QED) is 0.551. The van der Waals surface area contributed by atoms with Gasteiger partial charge in [0, 0.05) is 44.5 Å². The van der Waals surface area contributed by atoms with Crippen LogP contribution in [0.25, 0.3) is 0 Å². The molecule has 0 amide bonds. The number of hydrogen-bond acceptors (Lipinski definition) is 4. The highest BCUT2D eigenvalue weighted by atomic mass is 16.5. The predicted octanol–water partition coefficient (Wildman–Crippen LogP) is 2.80. The van der Waals surface area contributed by atoms with Crippen LogP contribution >= 0.6 is 0 Å². The maximum atomic E-state index is 5.45. The van der Waals surface area contributed by atoms with Gasteiger partial charge >= 0.3 is 0 Å². The van der Waals surface area contributed by atoms with Crippen molar-refractivity contribution >= 4 is 11.8 Å². The molecule has 2 N–H and O–H groups in total. The highest BCUT2D eigenvalue weighted by Crippen LogP contribution is 2.18. The van der Waals surface area contributed by atoms with Crippen molar-refractivity contribution in [3.63, 3.8) is 0 Å². The number of guanidine groups is 1. The average Bonchev–Trinajstić information content (AvgIpc) is 2.65. The largest absolute Gasteiger partial charge is 0.378 e. The zero-order valence-corrected chi connectivity index (χ0v) is 16.8. The summed E-state index contributed by atoms with van der Waals surface area (Å²) in [7, 11) is 1.82. The molecule has 0 bridgehead atoms. The van der Waals surface area contributed by atoms with Crippen molar-refractivity contribution < 1.29 is 4.74 Å². The first-order chi connectivity index (χ1) is 12.6. The summed E-state index contributed by atoms with van der Waals surface area (Å²) in [5.41, 5.74) is 1.19. The topological polar surface area (TPSA) is 61.8 Å². The third kappa shape index (κ3) is 6.83. The molecule has 6 heteroatoms. The van der Waals surface area contributed by atoms with Crippen LogP contribution in [0.15, 0.2) is 23.3 Å². The molecule has 1 unspecified atom stereocenters. The molecule has 0 radical (unpaired) electrons. The molecule has 1 saturated heterocycles. The van der Waals surface area contributed by atoms with Gasteiger partial charge in [0.2, 0.25) is 0 Å². The summed E-state index contributed by atoms with van der Waals surface area (Å²) in [6.07, 6.45) is 5.53. The summed E-state index contributed by atoms with van der Waals surface area (Å²) in [5.74, 6) is 2.66. The molecule has 0 saturated carbocycles. The van der Waals surface area contributed by atoms with Gasteiger partial charge < -0.3 is 20.3 Å². The second-order valence-corrected chi connectivity index (χ2v) is 7.38. The fraction of sp³-hybridized carbons (Fsp3) is 0.700. The van der Waals surface area contributed by atoms with E-state index in [4.69, 9.17) is 4.74 Å². The Morgan fingerprint density at radius 3 is 2.73 bits per heavy atom. The van der Waals surface area contributed by atoms with Gasteiger partial charge in [-0.1, -0.05) is 32.8 Å². The Hall–Kier alpha value is -1.82. The zero-order chi connectivity index (χ0) is 18.8. The first-order valence-corrected chi connectivity index (χ1v) is 9.84. The smallest absolute Gasteiger partial charge is 0.191 e. The molecule has 1 fully saturated rings. The number of nitrogens with zero attached hydrogens (tertiary/aromatic N) is 3. The van der Waals surface area contributed by atoms with E-state index in [0.29, 0.717) is 12.6 Å². The predicted molar refractivity (Wildman–Crippen MR) is 109 cm³/mol. The fourth-order valence-corrected chi connectivity index (χ4v) is 3.14. The number of aliphatic imine (C=N–C) groups is 1. The zero-order valence-electron chi connectivity index (χ0n) is 16.8. The van der Waals surface area contributed by atoms with Crippen molar-refractivity contribution in [2.75, 3.05) is 38.3 Å². The van der Waals surface area contributed by atoms with E-state index >= 15 is 0 Å². The Kier molecular flexibility index (Phi) is 8.68. The van der Waals surface area contributed by atoms with Crippen molar-refractivity contribution in [1.82, 2.24) is 15.6 Å². The molecular weight excluding hydrogens is 326 g/mol. The van der Waals surface area contributed by atoms with Crippen LogP contribution in [0.1, 0.15) is 45.6 Å². The van der Waals surface area contributed by atoms with Gasteiger partial charge in [-0.25, -0.2) is 4.98 Å². The maximum Gasteiger partial charge on any atom is 0.191 e. The van der Waals surface area contributed by atoms with Gasteiger partial charge in [0.05, 0.1) is 13.2 Å². The Balaban J connectivity index is 1.86. The van der Waals surface area contributed by atoms with Gasteiger partial charge in [0.1, 0.15) is 5.82 Å². The molecule has 0 aromatic carbocycles. The second kappa shape index (κ2) is 11.0. The summed E-state index contributed by atoms with van der Waals surface area (Å²) < 4.78 is 5.45. The van der Waals surface area contributed by atoms with Crippen molar-refractivity contribution in [1.29, 1.82) is 0 Å². The minimum absolute atomic E-state index is 0.410. The molecule has 1 atom stereocenters. The van der Waals surface area contributed by atoms with Crippen molar-refractivity contribution in [2.45, 2.75) is 52.6 Å². The minimum Gasteiger partial charge on any atom is -0.378 e. The third-order valence-electron chi connectivity index (χ3n) is 4.65. The molecule has 6 nitrogen and oxygen atoms in total. The van der Waals surface area contributed by atoms with E-state index in [1.54, 1.807) is 0 Å². The molecule has 146 valence electrons.